The van der Waals surface area contributed by atoms with E-state index < -0.39 is 0 Å². The lowest BCUT2D eigenvalue weighted by molar-refractivity contribution is 0.633. The van der Waals surface area contributed by atoms with E-state index in [0.29, 0.717) is 12.3 Å². The Labute approximate surface area is 164 Å². The molecule has 9 heteroatoms. The first-order chi connectivity index (χ1) is 12.7. The molecule has 0 saturated heterocycles. The van der Waals surface area contributed by atoms with Gasteiger partial charge in [-0.3, -0.25) is 9.36 Å². The predicted molar refractivity (Wildman–Crippen MR) is 110 cm³/mol. The lowest BCUT2D eigenvalue weighted by atomic mass is 9.97. The zero-order valence-electron chi connectivity index (χ0n) is 14.9. The molecule has 1 aliphatic carbocycles. The highest BCUT2D eigenvalue weighted by molar-refractivity contribution is 7.98. The van der Waals surface area contributed by atoms with E-state index in [1.807, 2.05) is 13.8 Å². The van der Waals surface area contributed by atoms with Gasteiger partial charge in [-0.15, -0.1) is 21.5 Å². The summed E-state index contributed by atoms with van der Waals surface area (Å²) in [6.45, 7) is 5.51. The van der Waals surface area contributed by atoms with Crippen LogP contribution in [0.15, 0.2) is 9.95 Å². The lowest BCUT2D eigenvalue weighted by Crippen LogP contribution is -2.22. The molecule has 0 spiro atoms. The Balaban J connectivity index is 1.66. The summed E-state index contributed by atoms with van der Waals surface area (Å²) in [5, 5.41) is 14.9. The lowest BCUT2D eigenvalue weighted by Gasteiger charge is -2.11. The molecule has 1 N–H and O–H groups in total. The highest BCUT2D eigenvalue weighted by atomic mass is 32.2. The molecule has 4 rings (SSSR count). The van der Waals surface area contributed by atoms with Crippen LogP contribution in [-0.2, 0) is 25.1 Å². The van der Waals surface area contributed by atoms with E-state index in [1.165, 1.54) is 23.3 Å². The second kappa shape index (κ2) is 7.66. The van der Waals surface area contributed by atoms with Crippen LogP contribution in [0.25, 0.3) is 10.2 Å². The van der Waals surface area contributed by atoms with Gasteiger partial charge in [-0.1, -0.05) is 23.1 Å². The normalized spacial score (nSPS) is 13.9. The Morgan fingerprint density at radius 3 is 2.85 bits per heavy atom. The molecular formula is C17H21N5OS3. The van der Waals surface area contributed by atoms with Crippen LogP contribution in [0.2, 0.25) is 0 Å². The Kier molecular flexibility index (Phi) is 5.28. The van der Waals surface area contributed by atoms with Crippen molar-refractivity contribution in [1.82, 2.24) is 19.7 Å². The summed E-state index contributed by atoms with van der Waals surface area (Å²) in [4.78, 5) is 20.2. The van der Waals surface area contributed by atoms with E-state index in [9.17, 15) is 4.79 Å². The van der Waals surface area contributed by atoms with E-state index in [4.69, 9.17) is 4.98 Å². The summed E-state index contributed by atoms with van der Waals surface area (Å²) in [6, 6.07) is 0. The van der Waals surface area contributed by atoms with Crippen LogP contribution in [0.3, 0.4) is 0 Å². The molecule has 0 radical (unpaired) electrons. The minimum Gasteiger partial charge on any atom is -0.360 e. The summed E-state index contributed by atoms with van der Waals surface area (Å²) < 4.78 is 1.81. The van der Waals surface area contributed by atoms with E-state index in [0.717, 1.165) is 44.9 Å². The summed E-state index contributed by atoms with van der Waals surface area (Å²) in [5.41, 5.74) is 1.37. The number of rotatable bonds is 6. The standard InChI is InChI=1S/C17H21N5OS3/c1-3-18-16-21-20-12(26-16)9-24-17-19-14-13(15(23)22(17)4-2)10-7-5-6-8-11(10)25-14/h3-9H2,1-2H3,(H,18,21). The third kappa shape index (κ3) is 3.27. The maximum Gasteiger partial charge on any atom is 0.263 e. The largest absolute Gasteiger partial charge is 0.360 e. The predicted octanol–water partition coefficient (Wildman–Crippen LogP) is 3.93. The summed E-state index contributed by atoms with van der Waals surface area (Å²) in [7, 11) is 0. The first-order valence-electron chi connectivity index (χ1n) is 8.95. The van der Waals surface area contributed by atoms with Crippen molar-refractivity contribution in [2.24, 2.45) is 0 Å². The van der Waals surface area contributed by atoms with Crippen LogP contribution in [-0.4, -0.2) is 26.3 Å². The highest BCUT2D eigenvalue weighted by Gasteiger charge is 2.22. The van der Waals surface area contributed by atoms with E-state index in [2.05, 4.69) is 15.5 Å². The fourth-order valence-electron chi connectivity index (χ4n) is 3.27. The van der Waals surface area contributed by atoms with Crippen LogP contribution >= 0.6 is 34.4 Å². The summed E-state index contributed by atoms with van der Waals surface area (Å²) >= 11 is 4.83. The van der Waals surface area contributed by atoms with Crippen molar-refractivity contribution < 1.29 is 0 Å². The van der Waals surface area contributed by atoms with Crippen molar-refractivity contribution >= 4 is 49.8 Å². The van der Waals surface area contributed by atoms with Gasteiger partial charge in [0.15, 0.2) is 5.16 Å². The highest BCUT2D eigenvalue weighted by Crippen LogP contribution is 2.35. The van der Waals surface area contributed by atoms with Gasteiger partial charge in [0.2, 0.25) is 5.13 Å². The van der Waals surface area contributed by atoms with Crippen molar-refractivity contribution in [2.45, 2.75) is 57.0 Å². The summed E-state index contributed by atoms with van der Waals surface area (Å²) in [5.74, 6) is 0.673. The fourth-order valence-corrected chi connectivity index (χ4v) is 6.43. The molecule has 0 atom stereocenters. The Hall–Kier alpha value is -1.45. The second-order valence-electron chi connectivity index (χ2n) is 6.15. The average molecular weight is 408 g/mol. The maximum atomic E-state index is 13.1. The van der Waals surface area contributed by atoms with Crippen LogP contribution in [0, 0.1) is 0 Å². The third-order valence-electron chi connectivity index (χ3n) is 4.48. The third-order valence-corrected chi connectivity index (χ3v) is 7.71. The number of aryl methyl sites for hydroxylation is 2. The molecule has 26 heavy (non-hydrogen) atoms. The number of hydrogen-bond acceptors (Lipinski definition) is 8. The Bertz CT molecular complexity index is 990. The van der Waals surface area contributed by atoms with Crippen molar-refractivity contribution in [3.05, 3.63) is 25.8 Å². The minimum absolute atomic E-state index is 0.116. The smallest absolute Gasteiger partial charge is 0.263 e. The molecule has 6 nitrogen and oxygen atoms in total. The van der Waals surface area contributed by atoms with Crippen molar-refractivity contribution in [2.75, 3.05) is 11.9 Å². The SMILES string of the molecule is CCNc1nnc(CSc2nc3sc4c(c3c(=O)n2CC)CCCC4)s1. The summed E-state index contributed by atoms with van der Waals surface area (Å²) in [6.07, 6.45) is 4.49. The number of thiophene rings is 1. The first-order valence-corrected chi connectivity index (χ1v) is 11.6. The molecule has 0 bridgehead atoms. The van der Waals surface area contributed by atoms with Crippen molar-refractivity contribution in [3.8, 4) is 0 Å². The zero-order valence-corrected chi connectivity index (χ0v) is 17.3. The number of hydrogen-bond donors (Lipinski definition) is 1. The Morgan fingerprint density at radius 2 is 2.04 bits per heavy atom. The number of fused-ring (bicyclic) bond motifs is 3. The van der Waals surface area contributed by atoms with Crippen molar-refractivity contribution in [3.63, 3.8) is 0 Å². The Morgan fingerprint density at radius 1 is 1.19 bits per heavy atom. The van der Waals surface area contributed by atoms with Crippen LogP contribution in [0.5, 0.6) is 0 Å². The van der Waals surface area contributed by atoms with Gasteiger partial charge in [0.25, 0.3) is 5.56 Å². The molecule has 0 fully saturated rings. The number of thioether (sulfide) groups is 1. The molecule has 3 heterocycles. The van der Waals surface area contributed by atoms with Gasteiger partial charge < -0.3 is 5.32 Å². The molecule has 0 aliphatic heterocycles. The van der Waals surface area contributed by atoms with E-state index in [1.54, 1.807) is 39.0 Å². The zero-order chi connectivity index (χ0) is 18.1. The van der Waals surface area contributed by atoms with Crippen LogP contribution in [0.1, 0.15) is 42.1 Å². The van der Waals surface area contributed by atoms with Gasteiger partial charge in [-0.05, 0) is 45.1 Å². The van der Waals surface area contributed by atoms with Gasteiger partial charge in [0.05, 0.1) is 11.1 Å². The van der Waals surface area contributed by atoms with Crippen molar-refractivity contribution in [1.29, 1.82) is 0 Å². The van der Waals surface area contributed by atoms with E-state index >= 15 is 0 Å². The molecule has 0 aromatic carbocycles. The first kappa shape index (κ1) is 17.9. The number of nitrogens with one attached hydrogen (secondary N) is 1. The topological polar surface area (TPSA) is 72.7 Å². The molecule has 3 aromatic rings. The molecular weight excluding hydrogens is 386 g/mol. The van der Waals surface area contributed by atoms with Crippen LogP contribution in [0.4, 0.5) is 5.13 Å². The molecule has 1 aliphatic rings. The van der Waals surface area contributed by atoms with E-state index in [-0.39, 0.29) is 5.56 Å². The minimum atomic E-state index is 0.116. The average Bonchev–Trinajstić information content (AvgIpc) is 3.24. The second-order valence-corrected chi connectivity index (χ2v) is 9.24. The van der Waals surface area contributed by atoms with Gasteiger partial charge in [-0.25, -0.2) is 4.98 Å². The van der Waals surface area contributed by atoms with Gasteiger partial charge in [0.1, 0.15) is 9.84 Å². The molecule has 0 unspecified atom stereocenters. The quantitative estimate of drug-likeness (QED) is 0.493. The number of anilines is 1. The maximum absolute atomic E-state index is 13.1. The van der Waals surface area contributed by atoms with Gasteiger partial charge >= 0.3 is 0 Å². The number of nitrogens with zero attached hydrogens (tertiary/aromatic N) is 4. The van der Waals surface area contributed by atoms with Crippen LogP contribution < -0.4 is 10.9 Å². The van der Waals surface area contributed by atoms with Gasteiger partial charge in [-0.2, -0.15) is 0 Å². The molecule has 138 valence electrons. The molecule has 3 aromatic heterocycles. The monoisotopic (exact) mass is 407 g/mol. The molecule has 0 amide bonds. The number of aromatic nitrogens is 4. The fraction of sp³-hybridized carbons (Fsp3) is 0.529. The molecule has 0 saturated carbocycles. The van der Waals surface area contributed by atoms with Gasteiger partial charge in [0, 0.05) is 18.0 Å².